The number of likely N-dealkylation sites (N-methyl/N-ethyl adjacent to an activating group) is 1. The number of ether oxygens (including phenoxy) is 2. The van der Waals surface area contributed by atoms with Crippen LogP contribution >= 0.6 is 0 Å². The van der Waals surface area contributed by atoms with Crippen molar-refractivity contribution in [2.75, 3.05) is 13.6 Å². The van der Waals surface area contributed by atoms with E-state index >= 15 is 0 Å². The number of halogens is 3. The quantitative estimate of drug-likeness (QED) is 0.389. The van der Waals surface area contributed by atoms with Crippen LogP contribution in [0.3, 0.4) is 0 Å². The zero-order valence-corrected chi connectivity index (χ0v) is 20.9. The standard InChI is InChI=1S/C24H28N2O5.C2HF3O2/c1-17(27)31-20-12-10-18(11-13-20)15-21(25-2)23(28)26-14-6-9-22(26)24(29)30-16-19-7-4-3-5-8-19;3-2(4,5)1(6)7/h3-5,7-8,10-13,21-22,25H,6,9,14-16H2,1-2H3;(H,6,7)/t21-,22-;/m0./s1. The topological polar surface area (TPSA) is 122 Å². The summed E-state index contributed by atoms with van der Waals surface area (Å²) in [6.45, 7) is 2.08. The van der Waals surface area contributed by atoms with E-state index in [9.17, 15) is 27.6 Å². The number of amides is 1. The summed E-state index contributed by atoms with van der Waals surface area (Å²) in [7, 11) is 1.73. The molecular weight excluding hydrogens is 509 g/mol. The number of rotatable bonds is 8. The van der Waals surface area contributed by atoms with Crippen LogP contribution in [0.1, 0.15) is 30.9 Å². The Bertz CT molecular complexity index is 1090. The van der Waals surface area contributed by atoms with Crippen molar-refractivity contribution in [3.63, 3.8) is 0 Å². The van der Waals surface area contributed by atoms with E-state index in [4.69, 9.17) is 19.4 Å². The SMILES string of the molecule is CN[C@@H](Cc1ccc(OC(C)=O)cc1)C(=O)N1CCC[C@H]1C(=O)OCc1ccccc1.O=C(O)C(F)(F)F. The molecule has 1 aliphatic rings. The van der Waals surface area contributed by atoms with Gasteiger partial charge in [-0.2, -0.15) is 13.2 Å². The summed E-state index contributed by atoms with van der Waals surface area (Å²) < 4.78 is 42.3. The maximum atomic E-state index is 13.2. The molecule has 2 aromatic carbocycles. The molecule has 1 amide bonds. The third-order valence-corrected chi connectivity index (χ3v) is 5.55. The Balaban J connectivity index is 0.000000638. The molecule has 1 fully saturated rings. The van der Waals surface area contributed by atoms with Crippen LogP contribution in [0.25, 0.3) is 0 Å². The lowest BCUT2D eigenvalue weighted by Gasteiger charge is -2.27. The number of carbonyl (C=O) groups excluding carboxylic acids is 3. The minimum absolute atomic E-state index is 0.120. The molecule has 1 heterocycles. The molecule has 9 nitrogen and oxygen atoms in total. The largest absolute Gasteiger partial charge is 0.490 e. The molecule has 206 valence electrons. The van der Waals surface area contributed by atoms with Crippen LogP contribution in [0.2, 0.25) is 0 Å². The number of benzene rings is 2. The zero-order chi connectivity index (χ0) is 28.3. The van der Waals surface area contributed by atoms with Crippen molar-refractivity contribution in [2.45, 2.75) is 51.1 Å². The van der Waals surface area contributed by atoms with E-state index in [1.807, 2.05) is 42.5 Å². The Morgan fingerprint density at radius 1 is 1.05 bits per heavy atom. The third kappa shape index (κ3) is 9.51. The number of nitrogens with zero attached hydrogens (tertiary/aromatic N) is 1. The average molecular weight is 539 g/mol. The minimum Gasteiger partial charge on any atom is -0.475 e. The third-order valence-electron chi connectivity index (χ3n) is 5.55. The number of carbonyl (C=O) groups is 4. The van der Waals surface area contributed by atoms with Crippen LogP contribution in [0, 0.1) is 0 Å². The fourth-order valence-electron chi connectivity index (χ4n) is 3.71. The number of likely N-dealkylation sites (tertiary alicyclic amines) is 1. The smallest absolute Gasteiger partial charge is 0.475 e. The highest BCUT2D eigenvalue weighted by molar-refractivity contribution is 5.88. The normalized spacial score (nSPS) is 15.6. The number of hydrogen-bond acceptors (Lipinski definition) is 7. The van der Waals surface area contributed by atoms with Gasteiger partial charge in [-0.3, -0.25) is 9.59 Å². The summed E-state index contributed by atoms with van der Waals surface area (Å²) in [6.07, 6.45) is -3.25. The molecular formula is C26H29F3N2O7. The monoisotopic (exact) mass is 538 g/mol. The van der Waals surface area contributed by atoms with Crippen LogP contribution in [0.15, 0.2) is 54.6 Å². The number of alkyl halides is 3. The Morgan fingerprint density at radius 2 is 1.66 bits per heavy atom. The van der Waals surface area contributed by atoms with Crippen molar-refractivity contribution in [3.05, 3.63) is 65.7 Å². The van der Waals surface area contributed by atoms with Crippen molar-refractivity contribution >= 4 is 23.8 Å². The zero-order valence-electron chi connectivity index (χ0n) is 20.9. The Labute approximate surface area is 217 Å². The molecule has 0 unspecified atom stereocenters. The van der Waals surface area contributed by atoms with Gasteiger partial charge in [-0.1, -0.05) is 42.5 Å². The molecule has 1 saturated heterocycles. The lowest BCUT2D eigenvalue weighted by atomic mass is 10.0. The first-order valence-electron chi connectivity index (χ1n) is 11.7. The van der Waals surface area contributed by atoms with E-state index in [1.54, 1.807) is 24.1 Å². The number of nitrogens with one attached hydrogen (secondary N) is 1. The Morgan fingerprint density at radius 3 is 2.18 bits per heavy atom. The van der Waals surface area contributed by atoms with Crippen LogP contribution in [-0.4, -0.2) is 65.7 Å². The average Bonchev–Trinajstić information content (AvgIpc) is 3.37. The highest BCUT2D eigenvalue weighted by Gasteiger charge is 2.38. The number of carboxylic acid groups (broad SMARTS) is 1. The second-order valence-corrected chi connectivity index (χ2v) is 8.37. The lowest BCUT2D eigenvalue weighted by Crippen LogP contribution is -2.50. The van der Waals surface area contributed by atoms with E-state index in [0.29, 0.717) is 25.1 Å². The van der Waals surface area contributed by atoms with E-state index in [-0.39, 0.29) is 24.5 Å². The van der Waals surface area contributed by atoms with Gasteiger partial charge in [0.1, 0.15) is 18.4 Å². The predicted octanol–water partition coefficient (Wildman–Crippen LogP) is 3.11. The first-order chi connectivity index (χ1) is 17.9. The van der Waals surface area contributed by atoms with Gasteiger partial charge < -0.3 is 24.8 Å². The molecule has 3 rings (SSSR count). The summed E-state index contributed by atoms with van der Waals surface area (Å²) in [6, 6.07) is 15.5. The van der Waals surface area contributed by atoms with Gasteiger partial charge >= 0.3 is 24.1 Å². The molecule has 0 saturated carbocycles. The molecule has 12 heteroatoms. The van der Waals surface area contributed by atoms with Gasteiger partial charge in [-0.15, -0.1) is 0 Å². The molecule has 0 bridgehead atoms. The fourth-order valence-corrected chi connectivity index (χ4v) is 3.71. The van der Waals surface area contributed by atoms with E-state index in [1.165, 1.54) is 6.92 Å². The minimum atomic E-state index is -5.08. The maximum Gasteiger partial charge on any atom is 0.490 e. The summed E-state index contributed by atoms with van der Waals surface area (Å²) in [4.78, 5) is 47.4. The number of aliphatic carboxylic acids is 1. The molecule has 2 N–H and O–H groups in total. The van der Waals surface area contributed by atoms with Crippen molar-refractivity contribution in [2.24, 2.45) is 0 Å². The molecule has 0 aliphatic carbocycles. The molecule has 0 aromatic heterocycles. The summed E-state index contributed by atoms with van der Waals surface area (Å²) in [5.74, 6) is -3.16. The highest BCUT2D eigenvalue weighted by atomic mass is 19.4. The van der Waals surface area contributed by atoms with E-state index in [2.05, 4.69) is 5.32 Å². The molecule has 2 atom stereocenters. The highest BCUT2D eigenvalue weighted by Crippen LogP contribution is 2.22. The van der Waals surface area contributed by atoms with Crippen LogP contribution in [-0.2, 0) is 36.9 Å². The molecule has 2 aromatic rings. The maximum absolute atomic E-state index is 13.2. The van der Waals surface area contributed by atoms with Gasteiger partial charge in [0.25, 0.3) is 0 Å². The second-order valence-electron chi connectivity index (χ2n) is 8.37. The molecule has 38 heavy (non-hydrogen) atoms. The Kier molecular flexibility index (Phi) is 11.3. The van der Waals surface area contributed by atoms with Gasteiger partial charge in [0.2, 0.25) is 5.91 Å². The van der Waals surface area contributed by atoms with Crippen molar-refractivity contribution < 1.29 is 46.9 Å². The molecule has 1 aliphatic heterocycles. The summed E-state index contributed by atoms with van der Waals surface area (Å²) >= 11 is 0. The predicted molar refractivity (Wildman–Crippen MR) is 129 cm³/mol. The van der Waals surface area contributed by atoms with Gasteiger partial charge in [0.15, 0.2) is 0 Å². The van der Waals surface area contributed by atoms with Crippen LogP contribution in [0.5, 0.6) is 5.75 Å². The second kappa shape index (κ2) is 14.1. The fraction of sp³-hybridized carbons (Fsp3) is 0.385. The first-order valence-corrected chi connectivity index (χ1v) is 11.7. The van der Waals surface area contributed by atoms with Crippen LogP contribution in [0.4, 0.5) is 13.2 Å². The molecule has 0 radical (unpaired) electrons. The summed E-state index contributed by atoms with van der Waals surface area (Å²) in [5, 5.41) is 10.2. The number of hydrogen-bond donors (Lipinski definition) is 2. The number of esters is 2. The van der Waals surface area contributed by atoms with E-state index in [0.717, 1.165) is 17.5 Å². The Hall–Kier alpha value is -3.93. The van der Waals surface area contributed by atoms with Crippen molar-refractivity contribution in [1.29, 1.82) is 0 Å². The van der Waals surface area contributed by atoms with Crippen molar-refractivity contribution in [3.8, 4) is 5.75 Å². The number of carboxylic acids is 1. The summed E-state index contributed by atoms with van der Waals surface area (Å²) in [5.41, 5.74) is 1.84. The van der Waals surface area contributed by atoms with E-state index < -0.39 is 24.2 Å². The lowest BCUT2D eigenvalue weighted by molar-refractivity contribution is -0.192. The van der Waals surface area contributed by atoms with Gasteiger partial charge in [0.05, 0.1) is 6.04 Å². The van der Waals surface area contributed by atoms with Crippen molar-refractivity contribution in [1.82, 2.24) is 10.2 Å². The van der Waals surface area contributed by atoms with Gasteiger partial charge in [-0.25, -0.2) is 9.59 Å². The van der Waals surface area contributed by atoms with Gasteiger partial charge in [-0.05, 0) is 49.6 Å². The van der Waals surface area contributed by atoms with Gasteiger partial charge in [0, 0.05) is 13.5 Å². The molecule has 0 spiro atoms. The van der Waals surface area contributed by atoms with Crippen LogP contribution < -0.4 is 10.1 Å². The first kappa shape index (κ1) is 30.3.